The summed E-state index contributed by atoms with van der Waals surface area (Å²) in [4.78, 5) is 13.9. The molecule has 1 aromatic heterocycles. The second-order valence-electron chi connectivity index (χ2n) is 4.73. The van der Waals surface area contributed by atoms with Gasteiger partial charge in [-0.25, -0.2) is 0 Å². The number of aryl methyl sites for hydroxylation is 1. The molecule has 2 aromatic rings. The molecule has 0 spiro atoms. The molecule has 0 bridgehead atoms. The Morgan fingerprint density at radius 3 is 2.80 bits per heavy atom. The lowest BCUT2D eigenvalue weighted by Gasteiger charge is -2.30. The minimum atomic E-state index is -0.228. The summed E-state index contributed by atoms with van der Waals surface area (Å²) in [5.41, 5.74) is 2.09. The molecule has 1 aliphatic rings. The molecule has 2 heterocycles. The first-order chi connectivity index (χ1) is 9.66. The molecule has 1 amide bonds. The molecule has 0 aliphatic carbocycles. The van der Waals surface area contributed by atoms with Crippen molar-refractivity contribution in [3.8, 4) is 0 Å². The van der Waals surface area contributed by atoms with E-state index in [1.165, 1.54) is 0 Å². The van der Waals surface area contributed by atoms with E-state index < -0.39 is 0 Å². The van der Waals surface area contributed by atoms with Gasteiger partial charge in [0.05, 0.1) is 11.7 Å². The molecule has 1 N–H and O–H groups in total. The van der Waals surface area contributed by atoms with Gasteiger partial charge in [0.25, 0.3) is 0 Å². The summed E-state index contributed by atoms with van der Waals surface area (Å²) in [6.45, 7) is 5.60. The molecular formula is C15H22N4O. The highest BCUT2D eigenvalue weighted by atomic mass is 16.2. The van der Waals surface area contributed by atoms with E-state index in [1.807, 2.05) is 57.0 Å². The smallest absolute Gasteiger partial charge is 0.244 e. The number of hydrogen-bond donors (Lipinski definition) is 1. The zero-order valence-corrected chi connectivity index (χ0v) is 12.6. The normalized spacial score (nSPS) is 18.9. The fourth-order valence-corrected chi connectivity index (χ4v) is 2.42. The third-order valence-corrected chi connectivity index (χ3v) is 3.52. The van der Waals surface area contributed by atoms with Crippen molar-refractivity contribution in [1.82, 2.24) is 20.0 Å². The molecular weight excluding hydrogens is 252 g/mol. The monoisotopic (exact) mass is 274 g/mol. The molecule has 0 radical (unpaired) electrons. The van der Waals surface area contributed by atoms with Crippen LogP contribution in [0.1, 0.15) is 25.5 Å². The number of likely N-dealkylation sites (N-methyl/N-ethyl adjacent to an activating group) is 1. The van der Waals surface area contributed by atoms with Crippen molar-refractivity contribution in [2.24, 2.45) is 7.05 Å². The fourth-order valence-electron chi connectivity index (χ4n) is 2.42. The summed E-state index contributed by atoms with van der Waals surface area (Å²) < 4.78 is 1.83. The zero-order valence-electron chi connectivity index (χ0n) is 12.6. The highest BCUT2D eigenvalue weighted by Crippen LogP contribution is 2.22. The average Bonchev–Trinajstić information content (AvgIpc) is 2.85. The number of fused-ring (bicyclic) bond motifs is 1. The second-order valence-corrected chi connectivity index (χ2v) is 4.73. The van der Waals surface area contributed by atoms with E-state index in [0.717, 1.165) is 29.6 Å². The average molecular weight is 274 g/mol. The number of benzene rings is 1. The SMILES string of the molecule is CC.CN1CCNC(c2ccc3c(cnn3C)c2)C1=O. The fraction of sp³-hybridized carbons (Fsp3) is 0.467. The predicted octanol–water partition coefficient (Wildman–Crippen LogP) is 1.70. The van der Waals surface area contributed by atoms with Gasteiger partial charge >= 0.3 is 0 Å². The van der Waals surface area contributed by atoms with Crippen molar-refractivity contribution < 1.29 is 4.79 Å². The first-order valence-corrected chi connectivity index (χ1v) is 7.07. The lowest BCUT2D eigenvalue weighted by molar-refractivity contribution is -0.134. The van der Waals surface area contributed by atoms with Gasteiger partial charge in [0.15, 0.2) is 0 Å². The summed E-state index contributed by atoms with van der Waals surface area (Å²) in [5.74, 6) is 0.129. The number of carbonyl (C=O) groups is 1. The number of rotatable bonds is 1. The number of piperazine rings is 1. The Morgan fingerprint density at radius 2 is 2.05 bits per heavy atom. The molecule has 1 unspecified atom stereocenters. The van der Waals surface area contributed by atoms with Crippen LogP contribution >= 0.6 is 0 Å². The molecule has 108 valence electrons. The van der Waals surface area contributed by atoms with Gasteiger partial charge in [-0.05, 0) is 17.7 Å². The van der Waals surface area contributed by atoms with Crippen molar-refractivity contribution in [2.75, 3.05) is 20.1 Å². The molecule has 20 heavy (non-hydrogen) atoms. The van der Waals surface area contributed by atoms with E-state index >= 15 is 0 Å². The van der Waals surface area contributed by atoms with Crippen molar-refractivity contribution in [3.05, 3.63) is 30.0 Å². The van der Waals surface area contributed by atoms with Crippen LogP contribution in [0, 0.1) is 0 Å². The van der Waals surface area contributed by atoms with Crippen molar-refractivity contribution in [1.29, 1.82) is 0 Å². The summed E-state index contributed by atoms with van der Waals surface area (Å²) in [6.07, 6.45) is 1.83. The van der Waals surface area contributed by atoms with Gasteiger partial charge in [-0.1, -0.05) is 19.9 Å². The van der Waals surface area contributed by atoms with Gasteiger partial charge in [-0.15, -0.1) is 0 Å². The predicted molar refractivity (Wildman–Crippen MR) is 80.4 cm³/mol. The van der Waals surface area contributed by atoms with Crippen LogP contribution in [0.2, 0.25) is 0 Å². The molecule has 1 aliphatic heterocycles. The minimum Gasteiger partial charge on any atom is -0.343 e. The topological polar surface area (TPSA) is 50.2 Å². The maximum absolute atomic E-state index is 12.1. The maximum Gasteiger partial charge on any atom is 0.244 e. The molecule has 1 aromatic carbocycles. The van der Waals surface area contributed by atoms with E-state index in [9.17, 15) is 4.79 Å². The summed E-state index contributed by atoms with van der Waals surface area (Å²) >= 11 is 0. The van der Waals surface area contributed by atoms with Crippen LogP contribution in [-0.2, 0) is 11.8 Å². The second kappa shape index (κ2) is 6.05. The quantitative estimate of drug-likeness (QED) is 0.861. The molecule has 1 fully saturated rings. The molecule has 0 saturated carbocycles. The van der Waals surface area contributed by atoms with E-state index in [-0.39, 0.29) is 11.9 Å². The number of nitrogens with zero attached hydrogens (tertiary/aromatic N) is 3. The Hall–Kier alpha value is -1.88. The standard InChI is InChI=1S/C13H16N4O.C2H6/c1-16-6-5-14-12(13(16)18)9-3-4-11-10(7-9)8-15-17(11)2;1-2/h3-4,7-8,12,14H,5-6H2,1-2H3;1-2H3. The number of hydrogen-bond acceptors (Lipinski definition) is 3. The molecule has 1 saturated heterocycles. The van der Waals surface area contributed by atoms with Crippen LogP contribution in [0.25, 0.3) is 10.9 Å². The molecule has 5 nitrogen and oxygen atoms in total. The van der Waals surface area contributed by atoms with Crippen LogP contribution in [-0.4, -0.2) is 40.7 Å². The number of nitrogens with one attached hydrogen (secondary N) is 1. The highest BCUT2D eigenvalue weighted by molar-refractivity contribution is 5.86. The van der Waals surface area contributed by atoms with Gasteiger partial charge in [-0.2, -0.15) is 5.10 Å². The van der Waals surface area contributed by atoms with Crippen molar-refractivity contribution in [2.45, 2.75) is 19.9 Å². The molecule has 5 heteroatoms. The molecule has 3 rings (SSSR count). The highest BCUT2D eigenvalue weighted by Gasteiger charge is 2.27. The van der Waals surface area contributed by atoms with Crippen LogP contribution in [0.4, 0.5) is 0 Å². The lowest BCUT2D eigenvalue weighted by atomic mass is 10.0. The van der Waals surface area contributed by atoms with Crippen LogP contribution in [0.5, 0.6) is 0 Å². The summed E-state index contributed by atoms with van der Waals surface area (Å²) in [6, 6.07) is 5.82. The van der Waals surface area contributed by atoms with Crippen molar-refractivity contribution in [3.63, 3.8) is 0 Å². The van der Waals surface area contributed by atoms with E-state index in [1.54, 1.807) is 4.90 Å². The first kappa shape index (κ1) is 14.5. The third kappa shape index (κ3) is 2.54. The van der Waals surface area contributed by atoms with E-state index in [4.69, 9.17) is 0 Å². The number of amides is 1. The zero-order chi connectivity index (χ0) is 14.7. The summed E-state index contributed by atoms with van der Waals surface area (Å²) in [5, 5.41) is 8.55. The van der Waals surface area contributed by atoms with Gasteiger partial charge in [-0.3, -0.25) is 9.48 Å². The Labute approximate surface area is 119 Å². The van der Waals surface area contributed by atoms with Crippen LogP contribution < -0.4 is 5.32 Å². The van der Waals surface area contributed by atoms with Crippen LogP contribution in [0.3, 0.4) is 0 Å². The van der Waals surface area contributed by atoms with E-state index in [0.29, 0.717) is 0 Å². The first-order valence-electron chi connectivity index (χ1n) is 7.07. The van der Waals surface area contributed by atoms with Gasteiger partial charge in [0.1, 0.15) is 6.04 Å². The van der Waals surface area contributed by atoms with Gasteiger partial charge < -0.3 is 10.2 Å². The Morgan fingerprint density at radius 1 is 1.30 bits per heavy atom. The Balaban J connectivity index is 0.000000704. The van der Waals surface area contributed by atoms with E-state index in [2.05, 4.69) is 10.4 Å². The minimum absolute atomic E-state index is 0.129. The molecule has 1 atom stereocenters. The van der Waals surface area contributed by atoms with Gasteiger partial charge in [0, 0.05) is 32.6 Å². The number of carbonyl (C=O) groups excluding carboxylic acids is 1. The van der Waals surface area contributed by atoms with Crippen molar-refractivity contribution >= 4 is 16.8 Å². The Bertz CT molecular complexity index is 605. The number of aromatic nitrogens is 2. The van der Waals surface area contributed by atoms with Crippen LogP contribution in [0.15, 0.2) is 24.4 Å². The Kier molecular flexibility index (Phi) is 4.39. The van der Waals surface area contributed by atoms with Gasteiger partial charge in [0.2, 0.25) is 5.91 Å². The summed E-state index contributed by atoms with van der Waals surface area (Å²) in [7, 11) is 3.76. The largest absolute Gasteiger partial charge is 0.343 e. The third-order valence-electron chi connectivity index (χ3n) is 3.52. The maximum atomic E-state index is 12.1. The lowest BCUT2D eigenvalue weighted by Crippen LogP contribution is -2.48.